The lowest BCUT2D eigenvalue weighted by Crippen LogP contribution is -1.97. The van der Waals surface area contributed by atoms with Gasteiger partial charge in [-0.2, -0.15) is 5.10 Å². The van der Waals surface area contributed by atoms with Crippen molar-refractivity contribution >= 4 is 22.7 Å². The third-order valence-corrected chi connectivity index (χ3v) is 4.58. The minimum atomic E-state index is 0.579. The van der Waals surface area contributed by atoms with Crippen molar-refractivity contribution in [2.75, 3.05) is 19.1 Å². The van der Waals surface area contributed by atoms with Gasteiger partial charge in [-0.25, -0.2) is 4.98 Å². The third-order valence-electron chi connectivity index (χ3n) is 3.71. The van der Waals surface area contributed by atoms with Crippen LogP contribution in [0, 0.1) is 6.92 Å². The van der Waals surface area contributed by atoms with E-state index in [-0.39, 0.29) is 0 Å². The SMILES string of the molecule is CCOc1cc(/C=N\Nc2nc(-c3ccccc3)c(C)s2)ccc1OC. The molecule has 0 saturated carbocycles. The van der Waals surface area contributed by atoms with Crippen LogP contribution in [-0.4, -0.2) is 24.9 Å². The number of rotatable bonds is 7. The summed E-state index contributed by atoms with van der Waals surface area (Å²) >= 11 is 1.58. The normalized spacial score (nSPS) is 10.9. The van der Waals surface area contributed by atoms with Gasteiger partial charge < -0.3 is 9.47 Å². The average Bonchev–Trinajstić information content (AvgIpc) is 3.03. The van der Waals surface area contributed by atoms with E-state index in [0.29, 0.717) is 18.1 Å². The van der Waals surface area contributed by atoms with Crippen LogP contribution in [0.2, 0.25) is 0 Å². The van der Waals surface area contributed by atoms with Crippen LogP contribution in [-0.2, 0) is 0 Å². The highest BCUT2D eigenvalue weighted by Crippen LogP contribution is 2.30. The molecule has 0 aliphatic heterocycles. The second-order valence-electron chi connectivity index (χ2n) is 5.50. The molecule has 0 radical (unpaired) electrons. The summed E-state index contributed by atoms with van der Waals surface area (Å²) in [4.78, 5) is 5.78. The van der Waals surface area contributed by atoms with Crippen molar-refractivity contribution in [3.05, 3.63) is 59.0 Å². The molecule has 1 N–H and O–H groups in total. The third kappa shape index (κ3) is 4.21. The smallest absolute Gasteiger partial charge is 0.204 e. The maximum absolute atomic E-state index is 5.58. The number of methoxy groups -OCH3 is 1. The van der Waals surface area contributed by atoms with Crippen molar-refractivity contribution in [2.24, 2.45) is 5.10 Å². The van der Waals surface area contributed by atoms with Crippen molar-refractivity contribution in [1.29, 1.82) is 0 Å². The van der Waals surface area contributed by atoms with E-state index < -0.39 is 0 Å². The Hall–Kier alpha value is -2.86. The predicted octanol–water partition coefficient (Wildman–Crippen LogP) is 4.97. The second kappa shape index (κ2) is 8.49. The Morgan fingerprint density at radius 3 is 2.69 bits per heavy atom. The maximum Gasteiger partial charge on any atom is 0.204 e. The van der Waals surface area contributed by atoms with Gasteiger partial charge in [0.1, 0.15) is 0 Å². The van der Waals surface area contributed by atoms with E-state index in [1.807, 2.05) is 43.3 Å². The highest BCUT2D eigenvalue weighted by Gasteiger charge is 2.09. The highest BCUT2D eigenvalue weighted by molar-refractivity contribution is 7.15. The molecule has 2 aromatic carbocycles. The van der Waals surface area contributed by atoms with Gasteiger partial charge in [0, 0.05) is 10.4 Å². The molecule has 6 heteroatoms. The Balaban J connectivity index is 1.72. The first-order valence-corrected chi connectivity index (χ1v) is 9.15. The molecule has 3 rings (SSSR count). The maximum atomic E-state index is 5.58. The molecule has 0 spiro atoms. The van der Waals surface area contributed by atoms with Crippen LogP contribution in [0.1, 0.15) is 17.4 Å². The number of ether oxygens (including phenoxy) is 2. The Kier molecular flexibility index (Phi) is 5.86. The lowest BCUT2D eigenvalue weighted by molar-refractivity contribution is 0.311. The van der Waals surface area contributed by atoms with Crippen LogP contribution >= 0.6 is 11.3 Å². The van der Waals surface area contributed by atoms with Crippen molar-refractivity contribution < 1.29 is 9.47 Å². The zero-order chi connectivity index (χ0) is 18.4. The highest BCUT2D eigenvalue weighted by atomic mass is 32.1. The standard InChI is InChI=1S/C20H21N3O2S/c1-4-25-18-12-15(10-11-17(18)24-3)13-21-23-20-22-19(14(2)26-20)16-8-6-5-7-9-16/h5-13H,4H2,1-3H3,(H,22,23)/b21-13-. The predicted molar refractivity (Wildman–Crippen MR) is 108 cm³/mol. The van der Waals surface area contributed by atoms with Crippen LogP contribution in [0.5, 0.6) is 11.5 Å². The molecule has 0 amide bonds. The number of aryl methyl sites for hydroxylation is 1. The van der Waals surface area contributed by atoms with Gasteiger partial charge in [-0.05, 0) is 37.6 Å². The number of nitrogens with zero attached hydrogens (tertiary/aromatic N) is 2. The van der Waals surface area contributed by atoms with Gasteiger partial charge in [0.2, 0.25) is 5.13 Å². The molecular weight excluding hydrogens is 346 g/mol. The largest absolute Gasteiger partial charge is 0.493 e. The molecule has 3 aromatic rings. The van der Waals surface area contributed by atoms with Gasteiger partial charge in [-0.1, -0.05) is 30.3 Å². The van der Waals surface area contributed by atoms with Crippen molar-refractivity contribution in [1.82, 2.24) is 4.98 Å². The van der Waals surface area contributed by atoms with Gasteiger partial charge in [0.25, 0.3) is 0 Å². The van der Waals surface area contributed by atoms with E-state index in [1.54, 1.807) is 24.7 Å². The average molecular weight is 367 g/mol. The summed E-state index contributed by atoms with van der Waals surface area (Å²) in [6.07, 6.45) is 1.74. The number of thiazole rings is 1. The summed E-state index contributed by atoms with van der Waals surface area (Å²) in [6.45, 7) is 4.58. The fourth-order valence-electron chi connectivity index (χ4n) is 2.51. The molecule has 5 nitrogen and oxygen atoms in total. The molecule has 0 unspecified atom stereocenters. The molecule has 0 saturated heterocycles. The van der Waals surface area contributed by atoms with Crippen LogP contribution in [0.25, 0.3) is 11.3 Å². The molecular formula is C20H21N3O2S. The summed E-state index contributed by atoms with van der Waals surface area (Å²) in [5.74, 6) is 1.41. The van der Waals surface area contributed by atoms with E-state index in [0.717, 1.165) is 26.8 Å². The van der Waals surface area contributed by atoms with Crippen molar-refractivity contribution in [3.63, 3.8) is 0 Å². The Morgan fingerprint density at radius 2 is 1.96 bits per heavy atom. The molecule has 1 heterocycles. The summed E-state index contributed by atoms with van der Waals surface area (Å²) in [7, 11) is 1.63. The van der Waals surface area contributed by atoms with Crippen molar-refractivity contribution in [3.8, 4) is 22.8 Å². The topological polar surface area (TPSA) is 55.7 Å². The first-order chi connectivity index (χ1) is 12.7. The lowest BCUT2D eigenvalue weighted by atomic mass is 10.1. The molecule has 0 fully saturated rings. The minimum Gasteiger partial charge on any atom is -0.493 e. The number of hydrazone groups is 1. The summed E-state index contributed by atoms with van der Waals surface area (Å²) < 4.78 is 10.9. The zero-order valence-electron chi connectivity index (χ0n) is 15.0. The number of hydrogen-bond acceptors (Lipinski definition) is 6. The van der Waals surface area contributed by atoms with Gasteiger partial charge in [0.15, 0.2) is 11.5 Å². The lowest BCUT2D eigenvalue weighted by Gasteiger charge is -2.09. The number of nitrogens with one attached hydrogen (secondary N) is 1. The van der Waals surface area contributed by atoms with E-state index in [4.69, 9.17) is 9.47 Å². The fourth-order valence-corrected chi connectivity index (χ4v) is 3.30. The van der Waals surface area contributed by atoms with Gasteiger partial charge in [0.05, 0.1) is 25.6 Å². The van der Waals surface area contributed by atoms with Crippen LogP contribution in [0.3, 0.4) is 0 Å². The number of hydrogen-bond donors (Lipinski definition) is 1. The second-order valence-corrected chi connectivity index (χ2v) is 6.71. The van der Waals surface area contributed by atoms with Crippen molar-refractivity contribution in [2.45, 2.75) is 13.8 Å². The first-order valence-electron chi connectivity index (χ1n) is 8.34. The Morgan fingerprint density at radius 1 is 1.15 bits per heavy atom. The molecule has 134 valence electrons. The molecule has 26 heavy (non-hydrogen) atoms. The Bertz CT molecular complexity index is 891. The van der Waals surface area contributed by atoms with E-state index in [1.165, 1.54) is 0 Å². The minimum absolute atomic E-state index is 0.579. The fraction of sp³-hybridized carbons (Fsp3) is 0.200. The molecule has 0 aliphatic carbocycles. The van der Waals surface area contributed by atoms with Crippen LogP contribution < -0.4 is 14.9 Å². The molecule has 1 aromatic heterocycles. The summed E-state index contributed by atoms with van der Waals surface area (Å²) in [6, 6.07) is 15.8. The molecule has 0 bridgehead atoms. The summed E-state index contributed by atoms with van der Waals surface area (Å²) in [5.41, 5.74) is 6.01. The van der Waals surface area contributed by atoms with Gasteiger partial charge in [-0.3, -0.25) is 5.43 Å². The van der Waals surface area contributed by atoms with Crippen LogP contribution in [0.15, 0.2) is 53.6 Å². The van der Waals surface area contributed by atoms with Gasteiger partial charge in [-0.15, -0.1) is 11.3 Å². The zero-order valence-corrected chi connectivity index (χ0v) is 15.8. The first kappa shape index (κ1) is 17.9. The van der Waals surface area contributed by atoms with E-state index in [2.05, 4.69) is 34.6 Å². The molecule has 0 aliphatic rings. The van der Waals surface area contributed by atoms with Crippen LogP contribution in [0.4, 0.5) is 5.13 Å². The summed E-state index contributed by atoms with van der Waals surface area (Å²) in [5, 5.41) is 5.05. The van der Waals surface area contributed by atoms with E-state index in [9.17, 15) is 0 Å². The molecule has 0 atom stereocenters. The van der Waals surface area contributed by atoms with E-state index >= 15 is 0 Å². The quantitative estimate of drug-likeness (QED) is 0.473. The van der Waals surface area contributed by atoms with Gasteiger partial charge >= 0.3 is 0 Å². The Labute approximate surface area is 157 Å². The number of benzene rings is 2. The number of anilines is 1. The number of aromatic nitrogens is 1. The monoisotopic (exact) mass is 367 g/mol.